The molecule has 0 unspecified atom stereocenters. The molecule has 0 spiro atoms. The van der Waals surface area contributed by atoms with Gasteiger partial charge in [-0.1, -0.05) is 38.8 Å². The number of rotatable bonds is 7. The number of ether oxygens (including phenoxy) is 2. The van der Waals surface area contributed by atoms with Gasteiger partial charge in [0.2, 0.25) is 0 Å². The van der Waals surface area contributed by atoms with Gasteiger partial charge in [-0.2, -0.15) is 0 Å². The summed E-state index contributed by atoms with van der Waals surface area (Å²) in [6.07, 6.45) is 4.91. The molecule has 0 aliphatic rings. The molecule has 0 fully saturated rings. The molecule has 1 rings (SSSR count). The molecule has 3 heteroatoms. The number of benzene rings is 1. The highest BCUT2D eigenvalue weighted by Gasteiger charge is 1.94. The van der Waals surface area contributed by atoms with Crippen LogP contribution in [0.1, 0.15) is 39.5 Å². The summed E-state index contributed by atoms with van der Waals surface area (Å²) in [4.78, 5) is 0. The van der Waals surface area contributed by atoms with Crippen LogP contribution in [0.3, 0.4) is 0 Å². The SMILES string of the molecule is CCCCOCCCC.COc1ccccc1O. The minimum Gasteiger partial charge on any atom is -0.504 e. The Morgan fingerprint density at radius 3 is 1.94 bits per heavy atom. The van der Waals surface area contributed by atoms with E-state index in [4.69, 9.17) is 14.6 Å². The van der Waals surface area contributed by atoms with Gasteiger partial charge in [0.1, 0.15) is 0 Å². The number of methoxy groups -OCH3 is 1. The van der Waals surface area contributed by atoms with Crippen LogP contribution < -0.4 is 4.74 Å². The Morgan fingerprint density at radius 2 is 1.56 bits per heavy atom. The molecular formula is C15H26O3. The van der Waals surface area contributed by atoms with Gasteiger partial charge >= 0.3 is 0 Å². The summed E-state index contributed by atoms with van der Waals surface area (Å²) in [5.41, 5.74) is 0. The van der Waals surface area contributed by atoms with Crippen molar-refractivity contribution in [2.75, 3.05) is 20.3 Å². The Bertz CT molecular complexity index is 281. The van der Waals surface area contributed by atoms with Crippen LogP contribution in [0.15, 0.2) is 24.3 Å². The molecule has 0 aromatic heterocycles. The van der Waals surface area contributed by atoms with E-state index in [2.05, 4.69) is 13.8 Å². The van der Waals surface area contributed by atoms with Gasteiger partial charge in [0.05, 0.1) is 7.11 Å². The Kier molecular flexibility index (Phi) is 11.4. The second-order valence-electron chi connectivity index (χ2n) is 3.99. The number of aromatic hydroxyl groups is 1. The van der Waals surface area contributed by atoms with Gasteiger partial charge < -0.3 is 14.6 Å². The Hall–Kier alpha value is -1.22. The first-order chi connectivity index (χ1) is 8.76. The maximum atomic E-state index is 8.99. The third-order valence-corrected chi connectivity index (χ3v) is 2.37. The molecule has 0 radical (unpaired) electrons. The average molecular weight is 254 g/mol. The van der Waals surface area contributed by atoms with E-state index in [0.29, 0.717) is 5.75 Å². The second-order valence-corrected chi connectivity index (χ2v) is 3.99. The molecule has 0 saturated carbocycles. The van der Waals surface area contributed by atoms with E-state index in [-0.39, 0.29) is 5.75 Å². The number of hydrogen-bond acceptors (Lipinski definition) is 3. The summed E-state index contributed by atoms with van der Waals surface area (Å²) in [6.45, 7) is 6.28. The molecule has 104 valence electrons. The fourth-order valence-corrected chi connectivity index (χ4v) is 1.22. The predicted octanol–water partition coefficient (Wildman–Crippen LogP) is 4.00. The van der Waals surface area contributed by atoms with Crippen LogP contribution in [-0.2, 0) is 4.74 Å². The first-order valence-corrected chi connectivity index (χ1v) is 6.65. The third kappa shape index (κ3) is 8.88. The molecule has 1 N–H and O–H groups in total. The van der Waals surface area contributed by atoms with E-state index in [1.165, 1.54) is 32.8 Å². The number of para-hydroxylation sites is 2. The minimum absolute atomic E-state index is 0.181. The molecular weight excluding hydrogens is 228 g/mol. The first kappa shape index (κ1) is 16.8. The van der Waals surface area contributed by atoms with Gasteiger partial charge in [-0.05, 0) is 25.0 Å². The van der Waals surface area contributed by atoms with Gasteiger partial charge in [0, 0.05) is 13.2 Å². The molecule has 0 bridgehead atoms. The van der Waals surface area contributed by atoms with Gasteiger partial charge in [0.25, 0.3) is 0 Å². The maximum Gasteiger partial charge on any atom is 0.160 e. The van der Waals surface area contributed by atoms with E-state index in [1.54, 1.807) is 24.3 Å². The summed E-state index contributed by atoms with van der Waals surface area (Å²) in [5.74, 6) is 0.692. The van der Waals surface area contributed by atoms with E-state index in [9.17, 15) is 0 Å². The van der Waals surface area contributed by atoms with Gasteiger partial charge in [0.15, 0.2) is 11.5 Å². The normalized spacial score (nSPS) is 9.50. The lowest BCUT2D eigenvalue weighted by Gasteiger charge is -1.99. The first-order valence-electron chi connectivity index (χ1n) is 6.65. The molecule has 0 amide bonds. The third-order valence-electron chi connectivity index (χ3n) is 2.37. The summed E-state index contributed by atoms with van der Waals surface area (Å²) in [7, 11) is 1.52. The molecule has 3 nitrogen and oxygen atoms in total. The number of hydrogen-bond donors (Lipinski definition) is 1. The monoisotopic (exact) mass is 254 g/mol. The van der Waals surface area contributed by atoms with Crippen LogP contribution in [0.2, 0.25) is 0 Å². The Labute approximate surface area is 111 Å². The predicted molar refractivity (Wildman–Crippen MR) is 75.3 cm³/mol. The highest BCUT2D eigenvalue weighted by molar-refractivity contribution is 5.37. The molecule has 18 heavy (non-hydrogen) atoms. The van der Waals surface area contributed by atoms with Crippen molar-refractivity contribution in [1.82, 2.24) is 0 Å². The fraction of sp³-hybridized carbons (Fsp3) is 0.600. The van der Waals surface area contributed by atoms with Crippen molar-refractivity contribution in [1.29, 1.82) is 0 Å². The molecule has 0 saturated heterocycles. The zero-order valence-electron chi connectivity index (χ0n) is 11.8. The molecule has 0 aliphatic heterocycles. The topological polar surface area (TPSA) is 38.7 Å². The van der Waals surface area contributed by atoms with Crippen molar-refractivity contribution in [3.8, 4) is 11.5 Å². The minimum atomic E-state index is 0.181. The Morgan fingerprint density at radius 1 is 1.00 bits per heavy atom. The van der Waals surface area contributed by atoms with E-state index in [0.717, 1.165) is 13.2 Å². The lowest BCUT2D eigenvalue weighted by Crippen LogP contribution is -1.95. The van der Waals surface area contributed by atoms with Gasteiger partial charge in [-0.3, -0.25) is 0 Å². The average Bonchev–Trinajstić information content (AvgIpc) is 2.40. The zero-order chi connectivity index (χ0) is 13.6. The summed E-state index contributed by atoms with van der Waals surface area (Å²) in [5, 5.41) is 8.99. The van der Waals surface area contributed by atoms with Crippen molar-refractivity contribution in [2.45, 2.75) is 39.5 Å². The molecule has 0 aliphatic carbocycles. The van der Waals surface area contributed by atoms with Crippen molar-refractivity contribution < 1.29 is 14.6 Å². The summed E-state index contributed by atoms with van der Waals surface area (Å²) >= 11 is 0. The van der Waals surface area contributed by atoms with Gasteiger partial charge in [-0.25, -0.2) is 0 Å². The van der Waals surface area contributed by atoms with Crippen molar-refractivity contribution >= 4 is 0 Å². The quantitative estimate of drug-likeness (QED) is 0.747. The summed E-state index contributed by atoms with van der Waals surface area (Å²) < 4.78 is 10.1. The smallest absolute Gasteiger partial charge is 0.160 e. The maximum absolute atomic E-state index is 8.99. The largest absolute Gasteiger partial charge is 0.504 e. The van der Waals surface area contributed by atoms with Crippen LogP contribution >= 0.6 is 0 Å². The van der Waals surface area contributed by atoms with Crippen LogP contribution in [0.25, 0.3) is 0 Å². The van der Waals surface area contributed by atoms with E-state index >= 15 is 0 Å². The molecule has 1 aromatic carbocycles. The number of phenols is 1. The zero-order valence-corrected chi connectivity index (χ0v) is 11.8. The van der Waals surface area contributed by atoms with Crippen molar-refractivity contribution in [3.05, 3.63) is 24.3 Å². The Balaban J connectivity index is 0.000000321. The van der Waals surface area contributed by atoms with Crippen LogP contribution in [-0.4, -0.2) is 25.4 Å². The van der Waals surface area contributed by atoms with E-state index in [1.807, 2.05) is 0 Å². The molecule has 0 heterocycles. The number of phenolic OH excluding ortho intramolecular Hbond substituents is 1. The van der Waals surface area contributed by atoms with Crippen LogP contribution in [0.5, 0.6) is 11.5 Å². The van der Waals surface area contributed by atoms with Crippen molar-refractivity contribution in [3.63, 3.8) is 0 Å². The van der Waals surface area contributed by atoms with Crippen LogP contribution in [0, 0.1) is 0 Å². The highest BCUT2D eigenvalue weighted by atomic mass is 16.5. The van der Waals surface area contributed by atoms with Crippen LogP contribution in [0.4, 0.5) is 0 Å². The van der Waals surface area contributed by atoms with Gasteiger partial charge in [-0.15, -0.1) is 0 Å². The molecule has 0 atom stereocenters. The fourth-order valence-electron chi connectivity index (χ4n) is 1.22. The van der Waals surface area contributed by atoms with E-state index < -0.39 is 0 Å². The molecule has 1 aromatic rings. The lowest BCUT2D eigenvalue weighted by molar-refractivity contribution is 0.128. The number of unbranched alkanes of at least 4 members (excludes halogenated alkanes) is 2. The standard InChI is InChI=1S/C8H18O.C7H8O2/c1-3-5-7-9-8-6-4-2;1-9-7-5-3-2-4-6(7)8/h3-8H2,1-2H3;2-5,8H,1H3. The highest BCUT2D eigenvalue weighted by Crippen LogP contribution is 2.22. The van der Waals surface area contributed by atoms with Crippen molar-refractivity contribution in [2.24, 2.45) is 0 Å². The lowest BCUT2D eigenvalue weighted by atomic mass is 10.3. The second kappa shape index (κ2) is 12.2. The summed E-state index contributed by atoms with van der Waals surface area (Å²) in [6, 6.07) is 6.84.